The molecule has 5 heteroatoms. The smallest absolute Gasteiger partial charge is 0.309 e. The average Bonchev–Trinajstić information content (AvgIpc) is 3.11. The summed E-state index contributed by atoms with van der Waals surface area (Å²) in [5.41, 5.74) is 1.19. The fourth-order valence-corrected chi connectivity index (χ4v) is 3.99. The Morgan fingerprint density at radius 1 is 1.11 bits per heavy atom. The van der Waals surface area contributed by atoms with Gasteiger partial charge in [-0.05, 0) is 63.2 Å². The van der Waals surface area contributed by atoms with Gasteiger partial charge in [0, 0.05) is 18.5 Å². The number of fused-ring (bicyclic) bond motifs is 1. The second-order valence-electron chi connectivity index (χ2n) is 7.46. The number of carbonyl (C=O) groups is 1. The molecule has 2 aliphatic rings. The van der Waals surface area contributed by atoms with E-state index in [2.05, 4.69) is 11.0 Å². The number of benzene rings is 2. The van der Waals surface area contributed by atoms with Crippen molar-refractivity contribution in [1.29, 1.82) is 0 Å². The zero-order valence-electron chi connectivity index (χ0n) is 16.3. The molecule has 0 saturated carbocycles. The van der Waals surface area contributed by atoms with Crippen molar-refractivity contribution < 1.29 is 19.0 Å². The molecule has 1 unspecified atom stereocenters. The predicted molar refractivity (Wildman–Crippen MR) is 107 cm³/mol. The van der Waals surface area contributed by atoms with Gasteiger partial charge in [-0.1, -0.05) is 18.2 Å². The van der Waals surface area contributed by atoms with Gasteiger partial charge in [-0.2, -0.15) is 0 Å². The van der Waals surface area contributed by atoms with Crippen LogP contribution in [0, 0.1) is 5.92 Å². The van der Waals surface area contributed by atoms with Crippen molar-refractivity contribution in [3.05, 3.63) is 54.1 Å². The van der Waals surface area contributed by atoms with Gasteiger partial charge in [0.15, 0.2) is 0 Å². The fourth-order valence-electron chi connectivity index (χ4n) is 3.99. The first-order valence-corrected chi connectivity index (χ1v) is 10.1. The first-order valence-electron chi connectivity index (χ1n) is 10.1. The molecule has 28 heavy (non-hydrogen) atoms. The molecule has 148 valence electrons. The van der Waals surface area contributed by atoms with Gasteiger partial charge in [0.1, 0.15) is 23.4 Å². The third-order valence-corrected chi connectivity index (χ3v) is 5.42. The Hall–Kier alpha value is -2.53. The number of rotatable bonds is 6. The summed E-state index contributed by atoms with van der Waals surface area (Å²) in [7, 11) is 0. The Bertz CT molecular complexity index is 800. The molecule has 0 aromatic heterocycles. The SMILES string of the molecule is CCOC(=O)C1CCN(CC2Cc3cc(Oc4ccccc4)ccc3O2)CC1. The van der Waals surface area contributed by atoms with Crippen LogP contribution in [0.4, 0.5) is 0 Å². The largest absolute Gasteiger partial charge is 0.488 e. The molecule has 0 N–H and O–H groups in total. The van der Waals surface area contributed by atoms with Crippen LogP contribution in [-0.2, 0) is 16.0 Å². The topological polar surface area (TPSA) is 48.0 Å². The Morgan fingerprint density at radius 3 is 2.64 bits per heavy atom. The highest BCUT2D eigenvalue weighted by atomic mass is 16.5. The quantitative estimate of drug-likeness (QED) is 0.707. The summed E-state index contributed by atoms with van der Waals surface area (Å²) in [6.45, 7) is 5.05. The van der Waals surface area contributed by atoms with Gasteiger partial charge >= 0.3 is 5.97 Å². The molecule has 0 aliphatic carbocycles. The monoisotopic (exact) mass is 381 g/mol. The second-order valence-corrected chi connectivity index (χ2v) is 7.46. The van der Waals surface area contributed by atoms with Crippen LogP contribution < -0.4 is 9.47 Å². The lowest BCUT2D eigenvalue weighted by atomic mass is 9.96. The predicted octanol–water partition coefficient (Wildman–Crippen LogP) is 4.06. The first-order chi connectivity index (χ1) is 13.7. The third kappa shape index (κ3) is 4.47. The molecule has 1 saturated heterocycles. The lowest BCUT2D eigenvalue weighted by Crippen LogP contribution is -2.42. The van der Waals surface area contributed by atoms with Crippen LogP contribution in [0.25, 0.3) is 0 Å². The Balaban J connectivity index is 1.29. The van der Waals surface area contributed by atoms with Crippen molar-refractivity contribution in [2.24, 2.45) is 5.92 Å². The number of nitrogens with zero attached hydrogens (tertiary/aromatic N) is 1. The maximum absolute atomic E-state index is 11.9. The molecule has 0 bridgehead atoms. The summed E-state index contributed by atoms with van der Waals surface area (Å²) < 4.78 is 17.2. The van der Waals surface area contributed by atoms with Crippen LogP contribution in [0.5, 0.6) is 17.2 Å². The van der Waals surface area contributed by atoms with E-state index in [9.17, 15) is 4.79 Å². The van der Waals surface area contributed by atoms with Crippen molar-refractivity contribution in [2.45, 2.75) is 32.3 Å². The number of ether oxygens (including phenoxy) is 3. The van der Waals surface area contributed by atoms with Gasteiger partial charge < -0.3 is 14.2 Å². The number of esters is 1. The number of hydrogen-bond donors (Lipinski definition) is 0. The molecule has 2 aromatic carbocycles. The number of likely N-dealkylation sites (tertiary alicyclic amines) is 1. The van der Waals surface area contributed by atoms with Gasteiger partial charge in [0.25, 0.3) is 0 Å². The summed E-state index contributed by atoms with van der Waals surface area (Å²) in [5.74, 6) is 2.63. The molecule has 5 nitrogen and oxygen atoms in total. The average molecular weight is 381 g/mol. The van der Waals surface area contributed by atoms with Gasteiger partial charge in [-0.3, -0.25) is 9.69 Å². The Morgan fingerprint density at radius 2 is 1.89 bits per heavy atom. The van der Waals surface area contributed by atoms with Crippen LogP contribution in [-0.4, -0.2) is 43.2 Å². The Labute approximate surface area is 166 Å². The molecule has 2 aliphatic heterocycles. The summed E-state index contributed by atoms with van der Waals surface area (Å²) in [4.78, 5) is 14.3. The van der Waals surface area contributed by atoms with E-state index in [1.807, 2.05) is 49.4 Å². The minimum absolute atomic E-state index is 0.0439. The Kier molecular flexibility index (Phi) is 5.81. The molecule has 0 spiro atoms. The molecular formula is C23H27NO4. The molecule has 1 fully saturated rings. The molecule has 0 radical (unpaired) electrons. The number of carbonyl (C=O) groups excluding carboxylic acids is 1. The molecule has 0 amide bonds. The summed E-state index contributed by atoms with van der Waals surface area (Å²) >= 11 is 0. The van der Waals surface area contributed by atoms with E-state index < -0.39 is 0 Å². The van der Waals surface area contributed by atoms with Crippen molar-refractivity contribution in [2.75, 3.05) is 26.2 Å². The van der Waals surface area contributed by atoms with E-state index in [0.29, 0.717) is 6.61 Å². The van der Waals surface area contributed by atoms with Crippen LogP contribution in [0.1, 0.15) is 25.3 Å². The van der Waals surface area contributed by atoms with E-state index in [1.165, 1.54) is 5.56 Å². The zero-order valence-corrected chi connectivity index (χ0v) is 16.3. The highest BCUT2D eigenvalue weighted by Crippen LogP contribution is 2.34. The molecule has 1 atom stereocenters. The van der Waals surface area contributed by atoms with Crippen LogP contribution in [0.2, 0.25) is 0 Å². The zero-order chi connectivity index (χ0) is 19.3. The van der Waals surface area contributed by atoms with Crippen molar-refractivity contribution in [3.63, 3.8) is 0 Å². The van der Waals surface area contributed by atoms with Gasteiger partial charge in [-0.15, -0.1) is 0 Å². The molecule has 2 aromatic rings. The molecule has 4 rings (SSSR count). The maximum atomic E-state index is 11.9. The standard InChI is InChI=1S/C23H27NO4/c1-2-26-23(25)17-10-12-24(13-11-17)16-21-15-18-14-20(8-9-22(18)28-21)27-19-6-4-3-5-7-19/h3-9,14,17,21H,2,10-13,15-16H2,1H3. The van der Waals surface area contributed by atoms with Gasteiger partial charge in [0.05, 0.1) is 12.5 Å². The summed E-state index contributed by atoms with van der Waals surface area (Å²) in [6, 6.07) is 15.8. The molecular weight excluding hydrogens is 354 g/mol. The number of para-hydroxylation sites is 1. The number of hydrogen-bond acceptors (Lipinski definition) is 5. The van der Waals surface area contributed by atoms with Gasteiger partial charge in [-0.25, -0.2) is 0 Å². The van der Waals surface area contributed by atoms with Crippen molar-refractivity contribution in [3.8, 4) is 17.2 Å². The first kappa shape index (κ1) is 18.8. The van der Waals surface area contributed by atoms with E-state index in [1.54, 1.807) is 0 Å². The lowest BCUT2D eigenvalue weighted by Gasteiger charge is -2.32. The normalized spacial score (nSPS) is 19.7. The second kappa shape index (κ2) is 8.65. The van der Waals surface area contributed by atoms with Crippen molar-refractivity contribution >= 4 is 5.97 Å². The summed E-state index contributed by atoms with van der Waals surface area (Å²) in [5, 5.41) is 0. The van der Waals surface area contributed by atoms with Crippen molar-refractivity contribution in [1.82, 2.24) is 4.90 Å². The number of piperidine rings is 1. The minimum atomic E-state index is -0.0439. The van der Waals surface area contributed by atoms with E-state index in [4.69, 9.17) is 14.2 Å². The lowest BCUT2D eigenvalue weighted by molar-refractivity contribution is -0.149. The minimum Gasteiger partial charge on any atom is -0.488 e. The highest BCUT2D eigenvalue weighted by Gasteiger charge is 2.30. The van der Waals surface area contributed by atoms with E-state index in [0.717, 1.165) is 56.1 Å². The third-order valence-electron chi connectivity index (χ3n) is 5.42. The van der Waals surface area contributed by atoms with Gasteiger partial charge in [0.2, 0.25) is 0 Å². The van der Waals surface area contributed by atoms with E-state index >= 15 is 0 Å². The van der Waals surface area contributed by atoms with E-state index in [-0.39, 0.29) is 18.0 Å². The van der Waals surface area contributed by atoms with Crippen LogP contribution in [0.15, 0.2) is 48.5 Å². The fraction of sp³-hybridized carbons (Fsp3) is 0.435. The maximum Gasteiger partial charge on any atom is 0.309 e. The van der Waals surface area contributed by atoms with Crippen LogP contribution >= 0.6 is 0 Å². The highest BCUT2D eigenvalue weighted by molar-refractivity contribution is 5.72. The molecule has 2 heterocycles. The summed E-state index contributed by atoms with van der Waals surface area (Å²) in [6.07, 6.45) is 2.78. The van der Waals surface area contributed by atoms with Crippen LogP contribution in [0.3, 0.4) is 0 Å².